The van der Waals surface area contributed by atoms with E-state index in [-0.39, 0.29) is 86.1 Å². The molecule has 4 amide bonds. The highest BCUT2D eigenvalue weighted by molar-refractivity contribution is 5.85. The van der Waals surface area contributed by atoms with Crippen LogP contribution in [-0.2, 0) is 51.0 Å². The number of aromatic hydroxyl groups is 2. The minimum atomic E-state index is -0.954. The number of benzene rings is 7. The maximum atomic E-state index is 13.7. The van der Waals surface area contributed by atoms with Gasteiger partial charge in [-0.25, -0.2) is 9.59 Å². The van der Waals surface area contributed by atoms with E-state index >= 15 is 0 Å². The first kappa shape index (κ1) is 97.2. The molecule has 0 aromatic heterocycles. The molecule has 4 heterocycles. The van der Waals surface area contributed by atoms with Crippen molar-refractivity contribution in [2.24, 2.45) is 21.7 Å². The van der Waals surface area contributed by atoms with Crippen molar-refractivity contribution in [2.75, 3.05) is 102 Å². The number of rotatable bonds is 24. The normalized spacial score (nSPS) is 22.8. The monoisotopic (exact) mass is 1700 g/mol. The molecule has 123 heavy (non-hydrogen) atoms. The van der Waals surface area contributed by atoms with E-state index in [0.29, 0.717) is 81.1 Å². The minimum Gasteiger partial charge on any atom is -0.504 e. The Morgan fingerprint density at radius 3 is 1.07 bits per heavy atom. The van der Waals surface area contributed by atoms with E-state index in [0.717, 1.165) is 57.5 Å². The highest BCUT2D eigenvalue weighted by Gasteiger charge is 2.54. The first-order valence-corrected chi connectivity index (χ1v) is 41.4. The van der Waals surface area contributed by atoms with Crippen LogP contribution in [0.3, 0.4) is 0 Å². The van der Waals surface area contributed by atoms with Crippen LogP contribution in [0, 0.1) is 33.5 Å². The summed E-state index contributed by atoms with van der Waals surface area (Å²) in [7, 11) is 8.92. The molecule has 0 bridgehead atoms. The number of carbonyl (C=O) groups is 6. The number of likely N-dealkylation sites (tertiary alicyclic amines) is 4. The summed E-state index contributed by atoms with van der Waals surface area (Å²) >= 11 is 0. The van der Waals surface area contributed by atoms with E-state index in [9.17, 15) is 59.4 Å². The largest absolute Gasteiger partial charge is 0.504 e. The van der Waals surface area contributed by atoms with Gasteiger partial charge in [-0.05, 0) is 147 Å². The number of hydrogen-bond acceptors (Lipinski definition) is 22. The van der Waals surface area contributed by atoms with Crippen molar-refractivity contribution in [1.29, 1.82) is 0 Å². The second-order valence-corrected chi connectivity index (χ2v) is 33.3. The molecule has 5 fully saturated rings. The molecule has 7 aromatic rings. The number of phenolic OH excluding ortho intramolecular Hbond substituents is 2. The van der Waals surface area contributed by atoms with Crippen molar-refractivity contribution in [1.82, 2.24) is 19.6 Å². The highest BCUT2D eigenvalue weighted by atomic mass is 16.6. The lowest BCUT2D eigenvalue weighted by molar-refractivity contribution is -0.158. The second-order valence-electron chi connectivity index (χ2n) is 33.3. The number of methoxy groups -OCH3 is 6. The average Bonchev–Trinajstić information content (AvgIpc) is 1.64. The van der Waals surface area contributed by atoms with Crippen LogP contribution in [0.4, 0.5) is 9.59 Å². The van der Waals surface area contributed by atoms with Gasteiger partial charge in [-0.1, -0.05) is 150 Å². The maximum Gasteiger partial charge on any atom is 0.409 e. The predicted molar refractivity (Wildman–Crippen MR) is 466 cm³/mol. The van der Waals surface area contributed by atoms with Crippen LogP contribution < -0.4 is 28.4 Å². The molecule has 26 nitrogen and oxygen atoms in total. The summed E-state index contributed by atoms with van der Waals surface area (Å²) in [5.74, 6) is 7.31. The molecule has 7 aromatic carbocycles. The lowest BCUT2D eigenvalue weighted by Crippen LogP contribution is -2.43. The minimum absolute atomic E-state index is 0. The molecule has 4 aliphatic heterocycles. The van der Waals surface area contributed by atoms with E-state index in [2.05, 4.69) is 11.8 Å². The molecule has 26 heteroatoms. The van der Waals surface area contributed by atoms with Gasteiger partial charge in [0.15, 0.2) is 58.2 Å². The van der Waals surface area contributed by atoms with E-state index in [1.165, 1.54) is 55.1 Å². The van der Waals surface area contributed by atoms with Crippen LogP contribution in [0.5, 0.6) is 46.0 Å². The number of hydrogen-bond donors (Lipinski definition) is 6. The summed E-state index contributed by atoms with van der Waals surface area (Å²) in [5, 5.41) is 62.5. The SMILES string of the molecule is C.COC(=O)N1C[C@@H](c2ccc(OC)c(O)c2)[C@](C)([C@H](C)O)C1.COC(=O)N1C[C@@H](c2ccc(OC)c(OC3CCCC3)c2)[C@](C)([C@@H](C)O)C1.COc1ccc([C@@H]2CN(C(=O)[C@H](Cc3ccccc3)OC(C)=O)C[C@@]2(C)[C@@H](C)O)cc1O.COc1ccc([C@@H]2CN(C(=O)[C@H](Cc3ccccc3)OC(C)=O)C[C@@]2(C)[C@@H](C)O)cc1OCC#Cc1ccccc1. The summed E-state index contributed by atoms with van der Waals surface area (Å²) in [5.41, 5.74) is 4.01. The van der Waals surface area contributed by atoms with Gasteiger partial charge in [-0.15, -0.1) is 0 Å². The molecule has 0 spiro atoms. The number of phenols is 2. The Labute approximate surface area is 724 Å². The van der Waals surface area contributed by atoms with Gasteiger partial charge in [0.1, 0.15) is 6.61 Å². The zero-order valence-electron chi connectivity index (χ0n) is 73.1. The van der Waals surface area contributed by atoms with Crippen LogP contribution in [-0.4, -0.2) is 231 Å². The number of nitrogens with zero attached hydrogens (tertiary/aromatic N) is 4. The van der Waals surface area contributed by atoms with Gasteiger partial charge < -0.3 is 97.6 Å². The van der Waals surface area contributed by atoms with Gasteiger partial charge >= 0.3 is 24.1 Å². The summed E-state index contributed by atoms with van der Waals surface area (Å²) < 4.78 is 54.0. The molecule has 666 valence electrons. The Bertz CT molecular complexity index is 4720. The molecular formula is C97H126N4O22. The number of aliphatic hydroxyl groups is 4. The molecule has 1 saturated carbocycles. The molecule has 1 aliphatic carbocycles. The smallest absolute Gasteiger partial charge is 0.409 e. The van der Waals surface area contributed by atoms with Crippen molar-refractivity contribution < 1.29 is 107 Å². The number of ether oxygens (including phenoxy) is 10. The Morgan fingerprint density at radius 2 is 0.740 bits per heavy atom. The fourth-order valence-corrected chi connectivity index (χ4v) is 17.2. The van der Waals surface area contributed by atoms with Gasteiger partial charge in [0, 0.05) is 130 Å². The van der Waals surface area contributed by atoms with E-state index in [4.69, 9.17) is 47.4 Å². The van der Waals surface area contributed by atoms with Crippen molar-refractivity contribution in [3.8, 4) is 57.8 Å². The zero-order valence-corrected chi connectivity index (χ0v) is 73.1. The van der Waals surface area contributed by atoms with Gasteiger partial charge in [-0.3, -0.25) is 19.2 Å². The molecule has 14 atom stereocenters. The molecule has 0 radical (unpaired) electrons. The lowest BCUT2D eigenvalue weighted by atomic mass is 9.72. The van der Waals surface area contributed by atoms with Gasteiger partial charge in [0.2, 0.25) is 0 Å². The van der Waals surface area contributed by atoms with Crippen LogP contribution in [0.1, 0.15) is 165 Å². The molecule has 0 unspecified atom stereocenters. The summed E-state index contributed by atoms with van der Waals surface area (Å²) in [6, 6.07) is 50.5. The molecule has 5 aliphatic rings. The maximum absolute atomic E-state index is 13.7. The molecule has 4 saturated heterocycles. The van der Waals surface area contributed by atoms with Crippen molar-refractivity contribution in [3.63, 3.8) is 0 Å². The van der Waals surface area contributed by atoms with E-state index in [1.807, 2.05) is 167 Å². The van der Waals surface area contributed by atoms with Crippen LogP contribution in [0.25, 0.3) is 0 Å². The van der Waals surface area contributed by atoms with Gasteiger partial charge in [0.05, 0.1) is 73.2 Å². The van der Waals surface area contributed by atoms with Crippen LogP contribution in [0.2, 0.25) is 0 Å². The van der Waals surface area contributed by atoms with Gasteiger partial charge in [-0.2, -0.15) is 0 Å². The first-order valence-electron chi connectivity index (χ1n) is 41.4. The standard InChI is InChI=1S/C34H37NO6.C25H31NO6.C21H31NO5.C16H23NO5.CH4/c1-24(36)34(3)23-35(33(38)32(41-25(2)37)20-27-14-9-6-10-15-27)22-29(34)28-17-18-30(39-4)31(21-28)40-19-11-16-26-12-7-5-8-13-26;1-16(27)25(3)15-26(14-20(25)19-10-11-22(31-4)21(29)13-19)24(30)23(32-17(2)28)12-18-8-6-5-7-9-18;1-14(23)21(2)13-22(20(24)26-4)12-17(21)15-9-10-18(25-3)19(11-15)27-16-7-5-6-8-16;1-10(18)16(2)9-17(15(20)22-4)8-12(16)11-5-6-14(21-3)13(19)7-11;/h5-10,12-15,17-18,21,24,29,32,36H,19-20,22-23H2,1-4H3;5-11,13,16,20,23,27,29H,12,14-15H2,1-4H3;9-11,14,16-17,23H,5-8,12-13H2,1-4H3;5-7,10,12,18-19H,8-9H2,1-4H3;1H4/t24-,29+,32+,34+;16-,20+,23+,25+;14-,17+,21+;10-,12-,16-;/m1110./s1. The van der Waals surface area contributed by atoms with Crippen molar-refractivity contribution in [3.05, 3.63) is 203 Å². The Balaban J connectivity index is 0.000000208. The van der Waals surface area contributed by atoms with Gasteiger partial charge in [0.25, 0.3) is 11.8 Å². The third-order valence-corrected chi connectivity index (χ3v) is 25.2. The molecule has 6 N–H and O–H groups in total. The Hall–Kier alpha value is -11.2. The zero-order chi connectivity index (χ0) is 89.0. The quantitative estimate of drug-likeness (QED) is 0.0186. The average molecular weight is 1700 g/mol. The molecular weight excluding hydrogens is 1570 g/mol. The fraction of sp³-hybridized carbons (Fsp3) is 0.485. The van der Waals surface area contributed by atoms with Crippen molar-refractivity contribution >= 4 is 35.9 Å². The summed E-state index contributed by atoms with van der Waals surface area (Å²) in [6.45, 7) is 20.7. The first-order chi connectivity index (χ1) is 58.1. The lowest BCUT2D eigenvalue weighted by Gasteiger charge is -2.34. The fourth-order valence-electron chi connectivity index (χ4n) is 17.2. The highest BCUT2D eigenvalue weighted by Crippen LogP contribution is 2.52. The van der Waals surface area contributed by atoms with E-state index < -0.39 is 76.3 Å². The Kier molecular flexibility index (Phi) is 34.5. The Morgan fingerprint density at radius 1 is 0.423 bits per heavy atom. The topological polar surface area (TPSA) is 329 Å². The van der Waals surface area contributed by atoms with E-state index in [1.54, 1.807) is 85.8 Å². The third kappa shape index (κ3) is 23.8. The predicted octanol–water partition coefficient (Wildman–Crippen LogP) is 13.7. The van der Waals surface area contributed by atoms with Crippen LogP contribution >= 0.6 is 0 Å². The number of esters is 2. The number of aliphatic hydroxyl groups excluding tert-OH is 4. The second kappa shape index (κ2) is 43.7. The number of amides is 4. The van der Waals surface area contributed by atoms with Crippen LogP contribution in [0.15, 0.2) is 164 Å². The summed E-state index contributed by atoms with van der Waals surface area (Å²) in [6.07, 6.45) is 0.0242. The van der Waals surface area contributed by atoms with Crippen molar-refractivity contribution in [2.45, 2.75) is 182 Å². The molecule has 12 rings (SSSR count). The third-order valence-electron chi connectivity index (χ3n) is 25.2. The number of carbonyl (C=O) groups excluding carboxylic acids is 6. The summed E-state index contributed by atoms with van der Waals surface area (Å²) in [4.78, 5) is 81.3.